The van der Waals surface area contributed by atoms with E-state index in [0.29, 0.717) is 17.8 Å². The number of H-pyrrole nitrogens is 1. The largest absolute Gasteiger partial charge is 0.309 e. The fraction of sp³-hybridized carbons (Fsp3) is 0.250. The summed E-state index contributed by atoms with van der Waals surface area (Å²) in [6.07, 6.45) is 4.06. The minimum absolute atomic E-state index is 0.0618. The molecule has 32 heavy (non-hydrogen) atoms. The monoisotopic (exact) mass is 442 g/mol. The molecule has 0 amide bonds. The quantitative estimate of drug-likeness (QED) is 0.454. The first-order valence-electron chi connectivity index (χ1n) is 10.8. The molecule has 0 unspecified atom stereocenters. The molecule has 1 N–H and O–H groups in total. The second-order valence-corrected chi connectivity index (χ2v) is 9.28. The van der Waals surface area contributed by atoms with Crippen molar-refractivity contribution in [1.29, 1.82) is 0 Å². The average Bonchev–Trinajstić information content (AvgIpc) is 3.45. The molecule has 0 atom stereocenters. The lowest BCUT2D eigenvalue weighted by Crippen LogP contribution is -2.34. The van der Waals surface area contributed by atoms with E-state index in [0.717, 1.165) is 58.5 Å². The van der Waals surface area contributed by atoms with E-state index in [4.69, 9.17) is 4.98 Å². The van der Waals surface area contributed by atoms with Crippen molar-refractivity contribution in [3.63, 3.8) is 0 Å². The van der Waals surface area contributed by atoms with Crippen LogP contribution in [-0.2, 0) is 6.54 Å². The van der Waals surface area contributed by atoms with Crippen LogP contribution in [0.3, 0.4) is 0 Å². The van der Waals surface area contributed by atoms with E-state index in [-0.39, 0.29) is 5.56 Å². The third kappa shape index (κ3) is 3.51. The zero-order valence-electron chi connectivity index (χ0n) is 17.4. The van der Waals surface area contributed by atoms with Crippen molar-refractivity contribution in [2.75, 3.05) is 13.1 Å². The molecule has 0 bridgehead atoms. The van der Waals surface area contributed by atoms with Crippen molar-refractivity contribution >= 4 is 27.2 Å². The Hall–Kier alpha value is -3.36. The molecule has 1 aliphatic rings. The highest BCUT2D eigenvalue weighted by Crippen LogP contribution is 2.31. The van der Waals surface area contributed by atoms with E-state index in [2.05, 4.69) is 36.6 Å². The van der Waals surface area contributed by atoms with Gasteiger partial charge >= 0.3 is 0 Å². The molecule has 0 radical (unpaired) electrons. The van der Waals surface area contributed by atoms with E-state index >= 15 is 0 Å². The molecular formula is C24H22N6OS. The van der Waals surface area contributed by atoms with Gasteiger partial charge in [-0.3, -0.25) is 14.1 Å². The summed E-state index contributed by atoms with van der Waals surface area (Å²) in [4.78, 5) is 24.7. The lowest BCUT2D eigenvalue weighted by molar-refractivity contribution is 0.197. The van der Waals surface area contributed by atoms with E-state index in [9.17, 15) is 4.79 Å². The number of thiophene rings is 1. The van der Waals surface area contributed by atoms with Crippen molar-refractivity contribution in [2.45, 2.75) is 25.3 Å². The molecule has 7 nitrogen and oxygen atoms in total. The summed E-state index contributed by atoms with van der Waals surface area (Å²) in [6.45, 7) is 2.53. The van der Waals surface area contributed by atoms with Crippen molar-refractivity contribution in [3.05, 3.63) is 82.8 Å². The number of hydrogen-bond acceptors (Lipinski definition) is 6. The van der Waals surface area contributed by atoms with E-state index in [1.165, 1.54) is 0 Å². The first kappa shape index (κ1) is 19.3. The molecule has 1 aliphatic heterocycles. The normalized spacial score (nSPS) is 15.6. The Morgan fingerprint density at radius 1 is 1.03 bits per heavy atom. The van der Waals surface area contributed by atoms with Gasteiger partial charge < -0.3 is 4.98 Å². The maximum Gasteiger partial charge on any atom is 0.259 e. The number of hydrogen-bond donors (Lipinski definition) is 1. The smallest absolute Gasteiger partial charge is 0.259 e. The molecule has 1 aromatic carbocycles. The first-order chi connectivity index (χ1) is 15.7. The summed E-state index contributed by atoms with van der Waals surface area (Å²) in [7, 11) is 0. The molecule has 6 rings (SSSR count). The molecule has 5 heterocycles. The Kier molecular flexibility index (Phi) is 4.81. The standard InChI is InChI=1S/C24H22N6OS/c31-23-18-14-19(16-6-2-1-3-7-16)32-24(18)26-20(25-23)15-29-12-9-17(10-13-29)22-28-27-21-8-4-5-11-30(21)22/h1-8,11,14,17H,9-10,12-13,15H2,(H,25,26,31). The van der Waals surface area contributed by atoms with Crippen LogP contribution in [0.1, 0.15) is 30.4 Å². The maximum absolute atomic E-state index is 12.7. The average molecular weight is 443 g/mol. The van der Waals surface area contributed by atoms with Gasteiger partial charge in [-0.2, -0.15) is 0 Å². The van der Waals surface area contributed by atoms with Crippen LogP contribution in [0.5, 0.6) is 0 Å². The highest BCUT2D eigenvalue weighted by Gasteiger charge is 2.25. The van der Waals surface area contributed by atoms with Gasteiger partial charge in [-0.15, -0.1) is 21.5 Å². The number of piperidine rings is 1. The van der Waals surface area contributed by atoms with Crippen LogP contribution in [0.15, 0.2) is 65.6 Å². The van der Waals surface area contributed by atoms with Crippen LogP contribution in [0.25, 0.3) is 26.3 Å². The van der Waals surface area contributed by atoms with Gasteiger partial charge in [0.2, 0.25) is 0 Å². The zero-order chi connectivity index (χ0) is 21.5. The van der Waals surface area contributed by atoms with Gasteiger partial charge in [0.1, 0.15) is 16.5 Å². The van der Waals surface area contributed by atoms with Gasteiger partial charge in [0.15, 0.2) is 5.65 Å². The molecular weight excluding hydrogens is 420 g/mol. The third-order valence-corrected chi connectivity index (χ3v) is 7.25. The van der Waals surface area contributed by atoms with Crippen molar-refractivity contribution in [2.24, 2.45) is 0 Å². The van der Waals surface area contributed by atoms with Crippen LogP contribution in [0.2, 0.25) is 0 Å². The molecule has 0 spiro atoms. The Morgan fingerprint density at radius 2 is 1.84 bits per heavy atom. The zero-order valence-corrected chi connectivity index (χ0v) is 18.3. The maximum atomic E-state index is 12.7. The molecule has 160 valence electrons. The summed E-state index contributed by atoms with van der Waals surface area (Å²) in [5.74, 6) is 2.17. The SMILES string of the molecule is O=c1[nH]c(CN2CCC(c3nnc4ccccn34)CC2)nc2sc(-c3ccccc3)cc12. The van der Waals surface area contributed by atoms with Gasteiger partial charge in [0.25, 0.3) is 5.56 Å². The lowest BCUT2D eigenvalue weighted by Gasteiger charge is -2.30. The number of aromatic nitrogens is 5. The molecule has 1 saturated heterocycles. The molecule has 1 fully saturated rings. The highest BCUT2D eigenvalue weighted by atomic mass is 32.1. The lowest BCUT2D eigenvalue weighted by atomic mass is 9.96. The highest BCUT2D eigenvalue weighted by molar-refractivity contribution is 7.21. The number of nitrogens with zero attached hydrogens (tertiary/aromatic N) is 5. The van der Waals surface area contributed by atoms with Crippen LogP contribution < -0.4 is 5.56 Å². The van der Waals surface area contributed by atoms with Crippen LogP contribution in [0, 0.1) is 0 Å². The van der Waals surface area contributed by atoms with Crippen LogP contribution in [-0.4, -0.2) is 42.6 Å². The van der Waals surface area contributed by atoms with E-state index in [1.54, 1.807) is 11.3 Å². The van der Waals surface area contributed by atoms with E-state index < -0.39 is 0 Å². The molecule has 0 aliphatic carbocycles. The Labute approximate surface area is 188 Å². The predicted molar refractivity (Wildman–Crippen MR) is 126 cm³/mol. The van der Waals surface area contributed by atoms with Crippen LogP contribution >= 0.6 is 11.3 Å². The summed E-state index contributed by atoms with van der Waals surface area (Å²) >= 11 is 1.57. The first-order valence-corrected chi connectivity index (χ1v) is 11.7. The molecule has 5 aromatic rings. The molecule has 0 saturated carbocycles. The minimum atomic E-state index is -0.0618. The van der Waals surface area contributed by atoms with Crippen molar-refractivity contribution in [1.82, 2.24) is 29.5 Å². The summed E-state index contributed by atoms with van der Waals surface area (Å²) in [5.41, 5.74) is 1.94. The van der Waals surface area contributed by atoms with E-state index in [1.807, 2.05) is 48.7 Å². The number of nitrogens with one attached hydrogen (secondary N) is 1. The minimum Gasteiger partial charge on any atom is -0.309 e. The fourth-order valence-corrected chi connectivity index (χ4v) is 5.55. The van der Waals surface area contributed by atoms with Crippen LogP contribution in [0.4, 0.5) is 0 Å². The number of rotatable bonds is 4. The number of aromatic amines is 1. The van der Waals surface area contributed by atoms with Gasteiger partial charge in [0.05, 0.1) is 11.9 Å². The predicted octanol–water partition coefficient (Wildman–Crippen LogP) is 4.07. The fourth-order valence-electron chi connectivity index (χ4n) is 4.49. The number of likely N-dealkylation sites (tertiary alicyclic amines) is 1. The summed E-state index contributed by atoms with van der Waals surface area (Å²) in [5, 5.41) is 9.39. The van der Waals surface area contributed by atoms with Crippen molar-refractivity contribution < 1.29 is 0 Å². The number of benzene rings is 1. The van der Waals surface area contributed by atoms with Gasteiger partial charge in [0, 0.05) is 17.0 Å². The summed E-state index contributed by atoms with van der Waals surface area (Å²) in [6, 6.07) is 18.1. The Balaban J connectivity index is 1.18. The van der Waals surface area contributed by atoms with Crippen molar-refractivity contribution in [3.8, 4) is 10.4 Å². The second-order valence-electron chi connectivity index (χ2n) is 8.25. The van der Waals surface area contributed by atoms with Gasteiger partial charge in [-0.25, -0.2) is 4.98 Å². The Bertz CT molecular complexity index is 1450. The Morgan fingerprint density at radius 3 is 2.69 bits per heavy atom. The third-order valence-electron chi connectivity index (χ3n) is 6.18. The second kappa shape index (κ2) is 7.96. The topological polar surface area (TPSA) is 79.2 Å². The number of pyridine rings is 1. The van der Waals surface area contributed by atoms with Gasteiger partial charge in [-0.05, 0) is 49.7 Å². The number of fused-ring (bicyclic) bond motifs is 2. The summed E-state index contributed by atoms with van der Waals surface area (Å²) < 4.78 is 2.09. The van der Waals surface area contributed by atoms with Gasteiger partial charge in [-0.1, -0.05) is 36.4 Å². The molecule has 8 heteroatoms. The molecule has 4 aromatic heterocycles.